The summed E-state index contributed by atoms with van der Waals surface area (Å²) in [7, 11) is 0. The monoisotopic (exact) mass is 282 g/mol. The van der Waals surface area contributed by atoms with Gasteiger partial charge in [-0.15, -0.1) is 0 Å². The number of nitrogens with two attached hydrogens (primary N) is 1. The lowest BCUT2D eigenvalue weighted by Gasteiger charge is -2.28. The molecule has 0 bridgehead atoms. The quantitative estimate of drug-likeness (QED) is 0.912. The van der Waals surface area contributed by atoms with Crippen LogP contribution in [0, 0.1) is 0 Å². The topological polar surface area (TPSA) is 72.1 Å². The summed E-state index contributed by atoms with van der Waals surface area (Å²) in [4.78, 5) is 22.6. The Hall–Kier alpha value is -2.43. The number of nitrogens with zero attached hydrogens (tertiary/aromatic N) is 3. The molecule has 1 amide bonds. The SMILES string of the molecule is CCc1ccc(C(=O)N2CCc3c(N)ncnc3C2)cc1. The molecule has 21 heavy (non-hydrogen) atoms. The molecule has 0 saturated heterocycles. The van der Waals surface area contributed by atoms with Gasteiger partial charge < -0.3 is 10.6 Å². The van der Waals surface area contributed by atoms with Crippen molar-refractivity contribution in [1.29, 1.82) is 0 Å². The zero-order valence-corrected chi connectivity index (χ0v) is 12.0. The Morgan fingerprint density at radius 3 is 2.76 bits per heavy atom. The van der Waals surface area contributed by atoms with Crippen molar-refractivity contribution in [2.24, 2.45) is 0 Å². The average molecular weight is 282 g/mol. The molecule has 1 aromatic carbocycles. The van der Waals surface area contributed by atoms with Gasteiger partial charge in [0, 0.05) is 17.7 Å². The number of amides is 1. The van der Waals surface area contributed by atoms with E-state index in [0.29, 0.717) is 25.3 Å². The first-order chi connectivity index (χ1) is 10.2. The number of aryl methyl sites for hydroxylation is 1. The number of fused-ring (bicyclic) bond motifs is 1. The number of nitrogen functional groups attached to an aromatic ring is 1. The lowest BCUT2D eigenvalue weighted by molar-refractivity contribution is 0.0732. The normalized spacial score (nSPS) is 13.9. The standard InChI is InChI=1S/C16H18N4O/c1-2-11-3-5-12(6-4-11)16(21)20-8-7-13-14(9-20)18-10-19-15(13)17/h3-6,10H,2,7-9H2,1H3,(H2,17,18,19). The third-order valence-corrected chi connectivity index (χ3v) is 3.94. The predicted molar refractivity (Wildman–Crippen MR) is 80.7 cm³/mol. The minimum absolute atomic E-state index is 0.0421. The van der Waals surface area contributed by atoms with Gasteiger partial charge in [0.2, 0.25) is 0 Å². The second-order valence-electron chi connectivity index (χ2n) is 5.21. The lowest BCUT2D eigenvalue weighted by Crippen LogP contribution is -2.36. The van der Waals surface area contributed by atoms with Crippen molar-refractivity contribution in [2.75, 3.05) is 12.3 Å². The molecular weight excluding hydrogens is 264 g/mol. The lowest BCUT2D eigenvalue weighted by atomic mass is 10.0. The molecule has 1 aromatic heterocycles. The summed E-state index contributed by atoms with van der Waals surface area (Å²) in [6.45, 7) is 3.25. The number of carbonyl (C=O) groups is 1. The highest BCUT2D eigenvalue weighted by molar-refractivity contribution is 5.94. The highest BCUT2D eigenvalue weighted by Gasteiger charge is 2.24. The summed E-state index contributed by atoms with van der Waals surface area (Å²) >= 11 is 0. The fourth-order valence-corrected chi connectivity index (χ4v) is 2.62. The Labute approximate surface area is 123 Å². The number of hydrogen-bond donors (Lipinski definition) is 1. The van der Waals surface area contributed by atoms with Gasteiger partial charge in [-0.1, -0.05) is 19.1 Å². The van der Waals surface area contributed by atoms with E-state index >= 15 is 0 Å². The van der Waals surface area contributed by atoms with Gasteiger partial charge in [0.1, 0.15) is 12.1 Å². The zero-order chi connectivity index (χ0) is 14.8. The molecule has 0 unspecified atom stereocenters. The van der Waals surface area contributed by atoms with E-state index in [0.717, 1.165) is 23.2 Å². The van der Waals surface area contributed by atoms with Crippen molar-refractivity contribution in [3.63, 3.8) is 0 Å². The molecule has 1 aliphatic rings. The molecule has 5 nitrogen and oxygen atoms in total. The third-order valence-electron chi connectivity index (χ3n) is 3.94. The van der Waals surface area contributed by atoms with Crippen LogP contribution in [0.25, 0.3) is 0 Å². The zero-order valence-electron chi connectivity index (χ0n) is 12.0. The first kappa shape index (κ1) is 13.5. The molecule has 0 saturated carbocycles. The van der Waals surface area contributed by atoms with E-state index in [9.17, 15) is 4.79 Å². The summed E-state index contributed by atoms with van der Waals surface area (Å²) in [6.07, 6.45) is 3.14. The van der Waals surface area contributed by atoms with Crippen LogP contribution in [0.4, 0.5) is 5.82 Å². The van der Waals surface area contributed by atoms with E-state index in [1.807, 2.05) is 29.2 Å². The third kappa shape index (κ3) is 2.59. The molecule has 5 heteroatoms. The van der Waals surface area contributed by atoms with Gasteiger partial charge in [0.25, 0.3) is 5.91 Å². The van der Waals surface area contributed by atoms with Crippen LogP contribution in [0.5, 0.6) is 0 Å². The Balaban J connectivity index is 1.80. The number of carbonyl (C=O) groups excluding carboxylic acids is 1. The molecule has 2 N–H and O–H groups in total. The maximum atomic E-state index is 12.5. The molecule has 2 aromatic rings. The Morgan fingerprint density at radius 2 is 2.05 bits per heavy atom. The van der Waals surface area contributed by atoms with Crippen LogP contribution in [0.2, 0.25) is 0 Å². The van der Waals surface area contributed by atoms with Gasteiger partial charge in [0.15, 0.2) is 0 Å². The van der Waals surface area contributed by atoms with Crippen LogP contribution < -0.4 is 5.73 Å². The number of benzene rings is 1. The molecule has 0 atom stereocenters. The summed E-state index contributed by atoms with van der Waals surface area (Å²) in [5.41, 5.74) is 9.63. The van der Waals surface area contributed by atoms with Gasteiger partial charge in [-0.25, -0.2) is 9.97 Å². The molecule has 0 aliphatic carbocycles. The fourth-order valence-electron chi connectivity index (χ4n) is 2.62. The number of aromatic nitrogens is 2. The van der Waals surface area contributed by atoms with Crippen LogP contribution in [-0.4, -0.2) is 27.3 Å². The van der Waals surface area contributed by atoms with Crippen LogP contribution in [-0.2, 0) is 19.4 Å². The largest absolute Gasteiger partial charge is 0.383 e. The summed E-state index contributed by atoms with van der Waals surface area (Å²) in [6, 6.07) is 7.80. The van der Waals surface area contributed by atoms with Gasteiger partial charge in [0.05, 0.1) is 12.2 Å². The van der Waals surface area contributed by atoms with E-state index in [2.05, 4.69) is 16.9 Å². The Morgan fingerprint density at radius 1 is 1.29 bits per heavy atom. The summed E-state index contributed by atoms with van der Waals surface area (Å²) in [5.74, 6) is 0.569. The number of rotatable bonds is 2. The molecule has 0 spiro atoms. The van der Waals surface area contributed by atoms with Crippen molar-refractivity contribution in [3.05, 3.63) is 53.0 Å². The van der Waals surface area contributed by atoms with E-state index in [1.54, 1.807) is 0 Å². The highest BCUT2D eigenvalue weighted by Crippen LogP contribution is 2.22. The van der Waals surface area contributed by atoms with Gasteiger partial charge in [-0.05, 0) is 30.5 Å². The molecule has 1 aliphatic heterocycles. The minimum Gasteiger partial charge on any atom is -0.383 e. The number of anilines is 1. The van der Waals surface area contributed by atoms with Crippen molar-refractivity contribution in [2.45, 2.75) is 26.3 Å². The highest BCUT2D eigenvalue weighted by atomic mass is 16.2. The molecule has 0 fully saturated rings. The smallest absolute Gasteiger partial charge is 0.254 e. The average Bonchev–Trinajstić information content (AvgIpc) is 2.54. The van der Waals surface area contributed by atoms with Gasteiger partial charge >= 0.3 is 0 Å². The first-order valence-corrected chi connectivity index (χ1v) is 7.15. The Bertz CT molecular complexity index is 666. The van der Waals surface area contributed by atoms with Crippen molar-refractivity contribution >= 4 is 11.7 Å². The summed E-state index contributed by atoms with van der Waals surface area (Å²) < 4.78 is 0. The van der Waals surface area contributed by atoms with Crippen LogP contribution in [0.1, 0.15) is 34.1 Å². The maximum absolute atomic E-state index is 12.5. The number of hydrogen-bond acceptors (Lipinski definition) is 4. The van der Waals surface area contributed by atoms with Crippen molar-refractivity contribution < 1.29 is 4.79 Å². The van der Waals surface area contributed by atoms with E-state index in [4.69, 9.17) is 5.73 Å². The molecule has 3 rings (SSSR count). The molecular formula is C16H18N4O. The molecule has 0 radical (unpaired) electrons. The second-order valence-corrected chi connectivity index (χ2v) is 5.21. The first-order valence-electron chi connectivity index (χ1n) is 7.15. The van der Waals surface area contributed by atoms with Gasteiger partial charge in [-0.2, -0.15) is 0 Å². The van der Waals surface area contributed by atoms with Crippen LogP contribution in [0.15, 0.2) is 30.6 Å². The maximum Gasteiger partial charge on any atom is 0.254 e. The van der Waals surface area contributed by atoms with E-state index in [-0.39, 0.29) is 5.91 Å². The van der Waals surface area contributed by atoms with Gasteiger partial charge in [-0.3, -0.25) is 4.79 Å². The summed E-state index contributed by atoms with van der Waals surface area (Å²) in [5, 5.41) is 0. The van der Waals surface area contributed by atoms with Crippen LogP contribution in [0.3, 0.4) is 0 Å². The van der Waals surface area contributed by atoms with Crippen LogP contribution >= 0.6 is 0 Å². The van der Waals surface area contributed by atoms with E-state index < -0.39 is 0 Å². The fraction of sp³-hybridized carbons (Fsp3) is 0.312. The molecule has 108 valence electrons. The van der Waals surface area contributed by atoms with E-state index in [1.165, 1.54) is 11.9 Å². The minimum atomic E-state index is 0.0421. The Kier molecular flexibility index (Phi) is 3.56. The molecule has 2 heterocycles. The van der Waals surface area contributed by atoms with Crippen molar-refractivity contribution in [1.82, 2.24) is 14.9 Å². The second kappa shape index (κ2) is 5.52. The van der Waals surface area contributed by atoms with Crippen molar-refractivity contribution in [3.8, 4) is 0 Å². The predicted octanol–water partition coefficient (Wildman–Crippen LogP) is 1.82.